The van der Waals surface area contributed by atoms with Crippen LogP contribution in [-0.4, -0.2) is 48.9 Å². The molecule has 114 valence electrons. The zero-order chi connectivity index (χ0) is 15.2. The molecule has 0 aliphatic carbocycles. The fraction of sp³-hybridized carbons (Fsp3) is 0.500. The molecule has 1 aromatic rings. The predicted molar refractivity (Wildman–Crippen MR) is 82.0 cm³/mol. The van der Waals surface area contributed by atoms with Gasteiger partial charge in [0.05, 0.1) is 0 Å². The predicted octanol–water partition coefficient (Wildman–Crippen LogP) is 1.02. The third kappa shape index (κ3) is 4.04. The van der Waals surface area contributed by atoms with E-state index < -0.39 is 6.04 Å². The summed E-state index contributed by atoms with van der Waals surface area (Å²) < 4.78 is 0. The van der Waals surface area contributed by atoms with Gasteiger partial charge < -0.3 is 15.5 Å². The minimum atomic E-state index is -0.506. The number of benzene rings is 1. The van der Waals surface area contributed by atoms with Crippen molar-refractivity contribution in [2.75, 3.05) is 20.1 Å². The van der Waals surface area contributed by atoms with Gasteiger partial charge in [0.1, 0.15) is 6.04 Å². The van der Waals surface area contributed by atoms with E-state index in [1.165, 1.54) is 0 Å². The molecule has 5 nitrogen and oxygen atoms in total. The van der Waals surface area contributed by atoms with Crippen molar-refractivity contribution in [1.82, 2.24) is 15.5 Å². The number of hydrogen-bond acceptors (Lipinski definition) is 3. The molecule has 2 amide bonds. The van der Waals surface area contributed by atoms with Gasteiger partial charge in [-0.15, -0.1) is 0 Å². The number of likely N-dealkylation sites (N-methyl/N-ethyl adjacent to an activating group) is 1. The van der Waals surface area contributed by atoms with E-state index in [1.807, 2.05) is 30.1 Å². The molecule has 21 heavy (non-hydrogen) atoms. The third-order valence-corrected chi connectivity index (χ3v) is 3.90. The Hall–Kier alpha value is -1.88. The number of hydrogen-bond donors (Lipinski definition) is 2. The number of carbonyl (C=O) groups excluding carboxylic acids is 2. The fourth-order valence-corrected chi connectivity index (χ4v) is 2.62. The van der Waals surface area contributed by atoms with Crippen LogP contribution in [0.4, 0.5) is 0 Å². The van der Waals surface area contributed by atoms with Gasteiger partial charge in [-0.05, 0) is 38.9 Å². The van der Waals surface area contributed by atoms with Crippen LogP contribution in [-0.2, 0) is 4.79 Å². The van der Waals surface area contributed by atoms with Gasteiger partial charge in [-0.3, -0.25) is 9.59 Å². The minimum absolute atomic E-state index is 0.0146. The van der Waals surface area contributed by atoms with E-state index in [0.717, 1.165) is 19.4 Å². The Balaban J connectivity index is 1.92. The largest absolute Gasteiger partial charge is 0.341 e. The van der Waals surface area contributed by atoms with Crippen molar-refractivity contribution in [2.45, 2.75) is 31.8 Å². The Morgan fingerprint density at radius 1 is 1.29 bits per heavy atom. The number of piperidine rings is 1. The molecule has 5 heteroatoms. The molecule has 1 aliphatic heterocycles. The molecule has 0 radical (unpaired) electrons. The Bertz CT molecular complexity index is 490. The average molecular weight is 289 g/mol. The number of amides is 2. The molecule has 2 atom stereocenters. The molecule has 0 bridgehead atoms. The van der Waals surface area contributed by atoms with E-state index in [4.69, 9.17) is 0 Å². The summed E-state index contributed by atoms with van der Waals surface area (Å²) in [7, 11) is 1.92. The van der Waals surface area contributed by atoms with Crippen molar-refractivity contribution in [3.8, 4) is 0 Å². The van der Waals surface area contributed by atoms with Gasteiger partial charge >= 0.3 is 0 Å². The van der Waals surface area contributed by atoms with Crippen molar-refractivity contribution < 1.29 is 9.59 Å². The quantitative estimate of drug-likeness (QED) is 0.870. The van der Waals surface area contributed by atoms with E-state index in [2.05, 4.69) is 10.6 Å². The highest BCUT2D eigenvalue weighted by molar-refractivity contribution is 5.97. The van der Waals surface area contributed by atoms with E-state index in [-0.39, 0.29) is 11.8 Å². The summed E-state index contributed by atoms with van der Waals surface area (Å²) in [5.74, 6) is -0.224. The molecule has 0 saturated carbocycles. The lowest BCUT2D eigenvalue weighted by molar-refractivity contribution is -0.134. The van der Waals surface area contributed by atoms with Gasteiger partial charge in [-0.25, -0.2) is 0 Å². The molecule has 1 saturated heterocycles. The summed E-state index contributed by atoms with van der Waals surface area (Å²) in [5.41, 5.74) is 0.573. The lowest BCUT2D eigenvalue weighted by Gasteiger charge is -2.34. The molecular weight excluding hydrogens is 266 g/mol. The van der Waals surface area contributed by atoms with Gasteiger partial charge in [0, 0.05) is 24.7 Å². The van der Waals surface area contributed by atoms with Crippen molar-refractivity contribution in [3.05, 3.63) is 35.9 Å². The zero-order valence-electron chi connectivity index (χ0n) is 12.6. The first kappa shape index (κ1) is 15.5. The molecule has 0 aromatic heterocycles. The van der Waals surface area contributed by atoms with E-state index in [9.17, 15) is 9.59 Å². The van der Waals surface area contributed by atoms with Crippen LogP contribution in [0.25, 0.3) is 0 Å². The number of nitrogens with zero attached hydrogens (tertiary/aromatic N) is 1. The first-order valence-corrected chi connectivity index (χ1v) is 7.43. The normalized spacial score (nSPS) is 19.9. The molecular formula is C16H23N3O2. The van der Waals surface area contributed by atoms with Crippen LogP contribution in [0.3, 0.4) is 0 Å². The van der Waals surface area contributed by atoms with Gasteiger partial charge in [-0.2, -0.15) is 0 Å². The summed E-state index contributed by atoms with van der Waals surface area (Å²) in [6.45, 7) is 3.22. The SMILES string of the molecule is CNC1CCCN(C(=O)C(C)NC(=O)c2ccccc2)C1. The second-order valence-corrected chi connectivity index (χ2v) is 5.47. The summed E-state index contributed by atoms with van der Waals surface area (Å²) in [4.78, 5) is 26.3. The number of likely N-dealkylation sites (tertiary alicyclic amines) is 1. The monoisotopic (exact) mass is 289 g/mol. The van der Waals surface area contributed by atoms with Gasteiger partial charge in [-0.1, -0.05) is 18.2 Å². The maximum absolute atomic E-state index is 12.4. The van der Waals surface area contributed by atoms with E-state index in [0.29, 0.717) is 18.2 Å². The minimum Gasteiger partial charge on any atom is -0.341 e. The maximum atomic E-state index is 12.4. The number of carbonyl (C=O) groups is 2. The van der Waals surface area contributed by atoms with Crippen LogP contribution < -0.4 is 10.6 Å². The van der Waals surface area contributed by atoms with E-state index in [1.54, 1.807) is 19.1 Å². The fourth-order valence-electron chi connectivity index (χ4n) is 2.62. The van der Waals surface area contributed by atoms with Crippen LogP contribution >= 0.6 is 0 Å². The van der Waals surface area contributed by atoms with Crippen LogP contribution in [0.5, 0.6) is 0 Å². The van der Waals surface area contributed by atoms with Crippen LogP contribution in [0.1, 0.15) is 30.1 Å². The van der Waals surface area contributed by atoms with Crippen molar-refractivity contribution in [2.24, 2.45) is 0 Å². The van der Waals surface area contributed by atoms with Crippen molar-refractivity contribution in [1.29, 1.82) is 0 Å². The van der Waals surface area contributed by atoms with Gasteiger partial charge in [0.15, 0.2) is 0 Å². The number of rotatable bonds is 4. The highest BCUT2D eigenvalue weighted by Gasteiger charge is 2.26. The summed E-state index contributed by atoms with van der Waals surface area (Å²) in [5, 5.41) is 5.99. The maximum Gasteiger partial charge on any atom is 0.251 e. The second-order valence-electron chi connectivity index (χ2n) is 5.47. The molecule has 2 N–H and O–H groups in total. The zero-order valence-corrected chi connectivity index (χ0v) is 12.6. The highest BCUT2D eigenvalue weighted by atomic mass is 16.2. The molecule has 1 fully saturated rings. The lowest BCUT2D eigenvalue weighted by Crippen LogP contribution is -2.53. The van der Waals surface area contributed by atoms with Crippen molar-refractivity contribution in [3.63, 3.8) is 0 Å². The Morgan fingerprint density at radius 3 is 2.67 bits per heavy atom. The Labute approximate surface area is 125 Å². The first-order valence-electron chi connectivity index (χ1n) is 7.43. The molecule has 1 aliphatic rings. The smallest absolute Gasteiger partial charge is 0.251 e. The van der Waals surface area contributed by atoms with Crippen LogP contribution in [0, 0.1) is 0 Å². The molecule has 2 rings (SSSR count). The highest BCUT2D eigenvalue weighted by Crippen LogP contribution is 2.11. The van der Waals surface area contributed by atoms with Crippen LogP contribution in [0.15, 0.2) is 30.3 Å². The number of nitrogens with one attached hydrogen (secondary N) is 2. The van der Waals surface area contributed by atoms with Crippen LogP contribution in [0.2, 0.25) is 0 Å². The Kier molecular flexibility index (Phi) is 5.33. The van der Waals surface area contributed by atoms with Crippen molar-refractivity contribution >= 4 is 11.8 Å². The average Bonchev–Trinajstić information content (AvgIpc) is 2.54. The molecule has 1 aromatic carbocycles. The summed E-state index contributed by atoms with van der Waals surface area (Å²) in [6.07, 6.45) is 2.08. The second kappa shape index (κ2) is 7.22. The molecule has 0 spiro atoms. The third-order valence-electron chi connectivity index (χ3n) is 3.90. The van der Waals surface area contributed by atoms with E-state index >= 15 is 0 Å². The summed E-state index contributed by atoms with van der Waals surface area (Å²) >= 11 is 0. The lowest BCUT2D eigenvalue weighted by atomic mass is 10.1. The standard InChI is InChI=1S/C16H23N3O2/c1-12(18-15(20)13-7-4-3-5-8-13)16(21)19-10-6-9-14(11-19)17-2/h3-5,7-8,12,14,17H,6,9-11H2,1-2H3,(H,18,20). The first-order chi connectivity index (χ1) is 10.1. The van der Waals surface area contributed by atoms with Gasteiger partial charge in [0.25, 0.3) is 5.91 Å². The Morgan fingerprint density at radius 2 is 2.00 bits per heavy atom. The topological polar surface area (TPSA) is 61.4 Å². The summed E-state index contributed by atoms with van der Waals surface area (Å²) in [6, 6.07) is 8.80. The molecule has 2 unspecified atom stereocenters. The van der Waals surface area contributed by atoms with Gasteiger partial charge in [0.2, 0.25) is 5.91 Å². The molecule has 1 heterocycles.